The molecule has 0 spiro atoms. The van der Waals surface area contributed by atoms with Crippen LogP contribution in [0.1, 0.15) is 39.0 Å². The molecule has 1 aliphatic rings. The third-order valence-electron chi connectivity index (χ3n) is 3.24. The Labute approximate surface area is 120 Å². The first-order chi connectivity index (χ1) is 9.65. The Hall–Kier alpha value is -1.42. The summed E-state index contributed by atoms with van der Waals surface area (Å²) in [6.45, 7) is 2.19. The van der Waals surface area contributed by atoms with Crippen molar-refractivity contribution in [1.82, 2.24) is 0 Å². The minimum atomic E-state index is -0.277. The van der Waals surface area contributed by atoms with Crippen molar-refractivity contribution in [3.05, 3.63) is 23.8 Å². The van der Waals surface area contributed by atoms with Crippen LogP contribution in [0.4, 0.5) is 0 Å². The molecule has 0 bridgehead atoms. The number of rotatable bonds is 9. The van der Waals surface area contributed by atoms with Gasteiger partial charge in [0.25, 0.3) is 0 Å². The van der Waals surface area contributed by atoms with Crippen molar-refractivity contribution in [2.24, 2.45) is 5.92 Å². The van der Waals surface area contributed by atoms with Gasteiger partial charge in [-0.15, -0.1) is 0 Å². The topological polar surface area (TPSA) is 52.6 Å². The molecule has 0 heterocycles. The molecule has 0 saturated carbocycles. The lowest BCUT2D eigenvalue weighted by molar-refractivity contribution is -0.150. The van der Waals surface area contributed by atoms with E-state index in [0.29, 0.717) is 13.0 Å². The van der Waals surface area contributed by atoms with Gasteiger partial charge in [0.1, 0.15) is 6.29 Å². The Bertz CT molecular complexity index is 371. The molecule has 4 heteroatoms. The van der Waals surface area contributed by atoms with Crippen molar-refractivity contribution in [1.29, 1.82) is 0 Å². The van der Waals surface area contributed by atoms with Crippen LogP contribution in [-0.4, -0.2) is 32.1 Å². The van der Waals surface area contributed by atoms with Crippen LogP contribution in [0, 0.1) is 5.92 Å². The molecule has 2 atom stereocenters. The first kappa shape index (κ1) is 16.6. The zero-order valence-electron chi connectivity index (χ0n) is 12.3. The van der Waals surface area contributed by atoms with Gasteiger partial charge in [-0.3, -0.25) is 4.79 Å². The summed E-state index contributed by atoms with van der Waals surface area (Å²) < 4.78 is 10.1. The Morgan fingerprint density at radius 2 is 2.25 bits per heavy atom. The number of ether oxygens (including phenoxy) is 2. The average molecular weight is 280 g/mol. The molecule has 4 nitrogen and oxygen atoms in total. The summed E-state index contributed by atoms with van der Waals surface area (Å²) in [5.41, 5.74) is 1.20. The van der Waals surface area contributed by atoms with Gasteiger partial charge >= 0.3 is 5.97 Å². The minimum Gasteiger partial charge on any atom is -0.463 e. The third-order valence-corrected chi connectivity index (χ3v) is 3.24. The van der Waals surface area contributed by atoms with Gasteiger partial charge in [0.05, 0.1) is 19.1 Å². The van der Waals surface area contributed by atoms with Crippen molar-refractivity contribution in [2.75, 3.05) is 13.7 Å². The number of esters is 1. The second-order valence-corrected chi connectivity index (χ2v) is 5.14. The lowest BCUT2D eigenvalue weighted by Crippen LogP contribution is -2.20. The molecule has 0 N–H and O–H groups in total. The molecule has 2 unspecified atom stereocenters. The van der Waals surface area contributed by atoms with Crippen molar-refractivity contribution < 1.29 is 19.1 Å². The summed E-state index contributed by atoms with van der Waals surface area (Å²) in [5.74, 6) is -0.380. The largest absolute Gasteiger partial charge is 0.463 e. The van der Waals surface area contributed by atoms with Crippen LogP contribution in [0.2, 0.25) is 0 Å². The fourth-order valence-electron chi connectivity index (χ4n) is 2.25. The van der Waals surface area contributed by atoms with Gasteiger partial charge in [0, 0.05) is 13.0 Å². The molecule has 112 valence electrons. The fourth-order valence-corrected chi connectivity index (χ4v) is 2.25. The molecule has 0 aliphatic heterocycles. The number of carbonyl (C=O) groups is 2. The Balaban J connectivity index is 2.35. The molecule has 1 aliphatic carbocycles. The van der Waals surface area contributed by atoms with Crippen LogP contribution in [-0.2, 0) is 19.1 Å². The van der Waals surface area contributed by atoms with Gasteiger partial charge in [-0.2, -0.15) is 0 Å². The van der Waals surface area contributed by atoms with E-state index in [-0.39, 0.29) is 24.4 Å². The van der Waals surface area contributed by atoms with Crippen LogP contribution in [0.3, 0.4) is 0 Å². The smallest absolute Gasteiger partial charge is 0.308 e. The molecule has 20 heavy (non-hydrogen) atoms. The maximum absolute atomic E-state index is 11.5. The number of carbonyl (C=O) groups excluding carboxylic acids is 2. The van der Waals surface area contributed by atoms with Gasteiger partial charge < -0.3 is 14.3 Å². The number of hydrogen-bond donors (Lipinski definition) is 0. The van der Waals surface area contributed by atoms with Gasteiger partial charge in [-0.05, 0) is 32.6 Å². The minimum absolute atomic E-state index is 0.103. The number of methoxy groups -OCH3 is 1. The molecule has 0 radical (unpaired) electrons. The van der Waals surface area contributed by atoms with E-state index >= 15 is 0 Å². The first-order valence-corrected chi connectivity index (χ1v) is 7.15. The lowest BCUT2D eigenvalue weighted by Gasteiger charge is -2.18. The average Bonchev–Trinajstić information content (AvgIpc) is 2.45. The predicted octanol–water partition coefficient (Wildman–Crippen LogP) is 2.83. The van der Waals surface area contributed by atoms with Crippen LogP contribution >= 0.6 is 0 Å². The van der Waals surface area contributed by atoms with Crippen molar-refractivity contribution in [3.63, 3.8) is 0 Å². The van der Waals surface area contributed by atoms with Crippen LogP contribution in [0.5, 0.6) is 0 Å². The molecule has 0 amide bonds. The zero-order chi connectivity index (χ0) is 14.8. The molecule has 0 aromatic heterocycles. The number of hydrogen-bond acceptors (Lipinski definition) is 4. The summed E-state index contributed by atoms with van der Waals surface area (Å²) in [7, 11) is 1.55. The van der Waals surface area contributed by atoms with Crippen molar-refractivity contribution in [3.8, 4) is 0 Å². The zero-order valence-corrected chi connectivity index (χ0v) is 12.3. The maximum Gasteiger partial charge on any atom is 0.308 e. The molecular weight excluding hydrogens is 256 g/mol. The summed E-state index contributed by atoms with van der Waals surface area (Å²) >= 11 is 0. The fraction of sp³-hybridized carbons (Fsp3) is 0.625. The van der Waals surface area contributed by atoms with Crippen molar-refractivity contribution >= 4 is 12.3 Å². The standard InChI is InChI=1S/C16H24O4/c1-13(20-16(18)8-9-19-2)10-15(12-17)11-14-6-4-3-5-7-14/h4,6-7,12-13,15H,3,5,8-11H2,1-2H3. The van der Waals surface area contributed by atoms with Crippen molar-refractivity contribution in [2.45, 2.75) is 45.1 Å². The lowest BCUT2D eigenvalue weighted by atomic mass is 9.92. The summed E-state index contributed by atoms with van der Waals surface area (Å²) in [6.07, 6.45) is 10.7. The number of aldehydes is 1. The van der Waals surface area contributed by atoms with Gasteiger partial charge in [-0.1, -0.05) is 23.8 Å². The van der Waals surface area contributed by atoms with Gasteiger partial charge in [0.2, 0.25) is 0 Å². The quantitative estimate of drug-likeness (QED) is 0.481. The van der Waals surface area contributed by atoms with E-state index in [1.54, 1.807) is 7.11 Å². The van der Waals surface area contributed by atoms with Gasteiger partial charge in [0.15, 0.2) is 0 Å². The predicted molar refractivity (Wildman–Crippen MR) is 77.3 cm³/mol. The molecule has 0 aromatic rings. The first-order valence-electron chi connectivity index (χ1n) is 7.15. The van der Waals surface area contributed by atoms with E-state index in [4.69, 9.17) is 9.47 Å². The highest BCUT2D eigenvalue weighted by Crippen LogP contribution is 2.21. The van der Waals surface area contributed by atoms with E-state index in [2.05, 4.69) is 18.2 Å². The van der Waals surface area contributed by atoms with Gasteiger partial charge in [-0.25, -0.2) is 0 Å². The summed E-state index contributed by atoms with van der Waals surface area (Å²) in [4.78, 5) is 22.6. The Morgan fingerprint density at radius 1 is 1.45 bits per heavy atom. The third kappa shape index (κ3) is 6.66. The van der Waals surface area contributed by atoms with E-state index in [1.165, 1.54) is 5.57 Å². The van der Waals surface area contributed by atoms with E-state index in [0.717, 1.165) is 25.5 Å². The highest BCUT2D eigenvalue weighted by Gasteiger charge is 2.17. The maximum atomic E-state index is 11.5. The van der Waals surface area contributed by atoms with Crippen LogP contribution in [0.25, 0.3) is 0 Å². The highest BCUT2D eigenvalue weighted by atomic mass is 16.5. The second kappa shape index (κ2) is 9.48. The molecule has 0 aromatic carbocycles. The second-order valence-electron chi connectivity index (χ2n) is 5.14. The summed E-state index contributed by atoms with van der Waals surface area (Å²) in [6, 6.07) is 0. The van der Waals surface area contributed by atoms with E-state index < -0.39 is 0 Å². The van der Waals surface area contributed by atoms with E-state index in [1.807, 2.05) is 6.92 Å². The highest BCUT2D eigenvalue weighted by molar-refractivity contribution is 5.69. The molecular formula is C16H24O4. The normalized spacial score (nSPS) is 17.2. The van der Waals surface area contributed by atoms with E-state index in [9.17, 15) is 9.59 Å². The number of allylic oxidation sites excluding steroid dienone is 4. The Morgan fingerprint density at radius 3 is 2.85 bits per heavy atom. The van der Waals surface area contributed by atoms with Crippen LogP contribution in [0.15, 0.2) is 23.8 Å². The molecule has 0 saturated heterocycles. The van der Waals surface area contributed by atoms with Crippen LogP contribution < -0.4 is 0 Å². The molecule has 0 fully saturated rings. The SMILES string of the molecule is COCCC(=O)OC(C)CC(C=O)CC1=CCCC=C1. The monoisotopic (exact) mass is 280 g/mol. The Kier molecular flexibility index (Phi) is 7.88. The molecule has 1 rings (SSSR count). The summed E-state index contributed by atoms with van der Waals surface area (Å²) in [5, 5.41) is 0.